The van der Waals surface area contributed by atoms with E-state index in [-0.39, 0.29) is 18.2 Å². The van der Waals surface area contributed by atoms with Crippen LogP contribution in [0, 0.1) is 0 Å². The quantitative estimate of drug-likeness (QED) is 0.795. The number of hydrogen-bond acceptors (Lipinski definition) is 3. The van der Waals surface area contributed by atoms with Gasteiger partial charge in [0.05, 0.1) is 6.42 Å². The van der Waals surface area contributed by atoms with Crippen LogP contribution in [0.2, 0.25) is 5.02 Å². The van der Waals surface area contributed by atoms with Crippen LogP contribution in [0.15, 0.2) is 24.3 Å². The number of amides is 2. The Balaban J connectivity index is 2.09. The number of likely N-dealkylation sites (N-methyl/N-ethyl adjacent to an activating group) is 1. The molecule has 1 heterocycles. The molecule has 1 atom stereocenters. The lowest BCUT2D eigenvalue weighted by atomic mass is 10.2. The summed E-state index contributed by atoms with van der Waals surface area (Å²) in [4.78, 5) is 24.0. The van der Waals surface area contributed by atoms with Crippen LogP contribution in [-0.2, 0) is 9.59 Å². The third kappa shape index (κ3) is 2.02. The molecule has 1 aromatic carbocycles. The summed E-state index contributed by atoms with van der Waals surface area (Å²) in [6, 6.07) is 6.55. The first-order chi connectivity index (χ1) is 7.58. The zero-order chi connectivity index (χ0) is 11.7. The molecule has 1 unspecified atom stereocenters. The highest BCUT2D eigenvalue weighted by Gasteiger charge is 2.35. The number of benzene rings is 1. The molecular formula is C11H11ClN2O2. The van der Waals surface area contributed by atoms with Crippen molar-refractivity contribution in [1.29, 1.82) is 0 Å². The van der Waals surface area contributed by atoms with E-state index in [1.54, 1.807) is 24.3 Å². The van der Waals surface area contributed by atoms with E-state index in [1.807, 2.05) is 0 Å². The van der Waals surface area contributed by atoms with Gasteiger partial charge in [-0.05, 0) is 24.3 Å². The van der Waals surface area contributed by atoms with Gasteiger partial charge < -0.3 is 5.32 Å². The lowest BCUT2D eigenvalue weighted by molar-refractivity contribution is -0.136. The number of nitrogens with one attached hydrogen (secondary N) is 1. The lowest BCUT2D eigenvalue weighted by Crippen LogP contribution is -2.31. The summed E-state index contributed by atoms with van der Waals surface area (Å²) in [6.07, 6.45) is 0.206. The molecule has 0 saturated carbocycles. The Morgan fingerprint density at radius 1 is 1.31 bits per heavy atom. The molecule has 1 aliphatic rings. The van der Waals surface area contributed by atoms with Gasteiger partial charge in [-0.25, -0.2) is 0 Å². The van der Waals surface area contributed by atoms with E-state index in [4.69, 9.17) is 11.6 Å². The van der Waals surface area contributed by atoms with Crippen molar-refractivity contribution in [1.82, 2.24) is 4.90 Å². The van der Waals surface area contributed by atoms with E-state index in [0.29, 0.717) is 5.02 Å². The van der Waals surface area contributed by atoms with Crippen LogP contribution in [0.1, 0.15) is 6.42 Å². The number of anilines is 1. The topological polar surface area (TPSA) is 49.4 Å². The SMILES string of the molecule is CN1C(=O)CC(Nc2ccc(Cl)cc2)C1=O. The van der Waals surface area contributed by atoms with Gasteiger partial charge in [0.1, 0.15) is 6.04 Å². The largest absolute Gasteiger partial charge is 0.373 e. The number of carbonyl (C=O) groups excluding carboxylic acids is 2. The van der Waals surface area contributed by atoms with Gasteiger partial charge in [0.25, 0.3) is 5.91 Å². The second-order valence-electron chi connectivity index (χ2n) is 3.70. The molecular weight excluding hydrogens is 228 g/mol. The van der Waals surface area contributed by atoms with Gasteiger partial charge in [-0.1, -0.05) is 11.6 Å². The van der Waals surface area contributed by atoms with Crippen molar-refractivity contribution in [3.63, 3.8) is 0 Å². The third-order valence-corrected chi connectivity index (χ3v) is 2.82. The van der Waals surface area contributed by atoms with Gasteiger partial charge in [-0.15, -0.1) is 0 Å². The van der Waals surface area contributed by atoms with E-state index in [0.717, 1.165) is 10.6 Å². The summed E-state index contributed by atoms with van der Waals surface area (Å²) in [5.41, 5.74) is 0.783. The number of imide groups is 1. The minimum Gasteiger partial charge on any atom is -0.373 e. The Bertz CT molecular complexity index is 430. The molecule has 0 radical (unpaired) electrons. The molecule has 1 aromatic rings. The Kier molecular flexibility index (Phi) is 2.83. The highest BCUT2D eigenvalue weighted by atomic mass is 35.5. The van der Waals surface area contributed by atoms with Crippen molar-refractivity contribution < 1.29 is 9.59 Å². The predicted molar refractivity (Wildman–Crippen MR) is 61.3 cm³/mol. The first-order valence-electron chi connectivity index (χ1n) is 4.90. The molecule has 84 valence electrons. The van der Waals surface area contributed by atoms with Crippen molar-refractivity contribution in [2.75, 3.05) is 12.4 Å². The zero-order valence-corrected chi connectivity index (χ0v) is 9.49. The van der Waals surface area contributed by atoms with Gasteiger partial charge in [-0.2, -0.15) is 0 Å². The first-order valence-corrected chi connectivity index (χ1v) is 5.28. The van der Waals surface area contributed by atoms with Crippen molar-refractivity contribution in [2.24, 2.45) is 0 Å². The molecule has 0 spiro atoms. The van der Waals surface area contributed by atoms with Gasteiger partial charge in [0, 0.05) is 17.8 Å². The predicted octanol–water partition coefficient (Wildman–Crippen LogP) is 1.51. The van der Waals surface area contributed by atoms with E-state index >= 15 is 0 Å². The fourth-order valence-electron chi connectivity index (χ4n) is 1.62. The maximum atomic E-state index is 11.6. The Morgan fingerprint density at radius 3 is 2.44 bits per heavy atom. The van der Waals surface area contributed by atoms with Crippen LogP contribution in [0.3, 0.4) is 0 Å². The van der Waals surface area contributed by atoms with Crippen LogP contribution in [0.25, 0.3) is 0 Å². The van der Waals surface area contributed by atoms with Crippen molar-refractivity contribution in [3.8, 4) is 0 Å². The molecule has 0 aromatic heterocycles. The van der Waals surface area contributed by atoms with E-state index in [9.17, 15) is 9.59 Å². The summed E-state index contributed by atoms with van der Waals surface area (Å²) < 4.78 is 0. The number of likely N-dealkylation sites (tertiary alicyclic amines) is 1. The fraction of sp³-hybridized carbons (Fsp3) is 0.273. The van der Waals surface area contributed by atoms with Crippen molar-refractivity contribution >= 4 is 29.1 Å². The van der Waals surface area contributed by atoms with E-state index < -0.39 is 6.04 Å². The number of carbonyl (C=O) groups is 2. The zero-order valence-electron chi connectivity index (χ0n) is 8.74. The molecule has 0 bridgehead atoms. The molecule has 16 heavy (non-hydrogen) atoms. The number of rotatable bonds is 2. The standard InChI is InChI=1S/C11H11ClN2O2/c1-14-10(15)6-9(11(14)16)13-8-4-2-7(12)3-5-8/h2-5,9,13H,6H2,1H3. The first kappa shape index (κ1) is 11.0. The molecule has 5 heteroatoms. The van der Waals surface area contributed by atoms with Gasteiger partial charge in [-0.3, -0.25) is 14.5 Å². The van der Waals surface area contributed by atoms with Crippen molar-refractivity contribution in [2.45, 2.75) is 12.5 Å². The Morgan fingerprint density at radius 2 is 1.94 bits per heavy atom. The van der Waals surface area contributed by atoms with Crippen molar-refractivity contribution in [3.05, 3.63) is 29.3 Å². The summed E-state index contributed by atoms with van der Waals surface area (Å²) >= 11 is 5.75. The number of halogens is 1. The van der Waals surface area contributed by atoms with Gasteiger partial charge in [0.2, 0.25) is 5.91 Å². The highest BCUT2D eigenvalue weighted by molar-refractivity contribution is 6.30. The summed E-state index contributed by atoms with van der Waals surface area (Å²) in [7, 11) is 1.49. The van der Waals surface area contributed by atoms with Crippen LogP contribution in [0.5, 0.6) is 0 Å². The van der Waals surface area contributed by atoms with Gasteiger partial charge >= 0.3 is 0 Å². The lowest BCUT2D eigenvalue weighted by Gasteiger charge is -2.12. The second-order valence-corrected chi connectivity index (χ2v) is 4.14. The highest BCUT2D eigenvalue weighted by Crippen LogP contribution is 2.18. The maximum absolute atomic E-state index is 11.6. The summed E-state index contributed by atoms with van der Waals surface area (Å²) in [5.74, 6) is -0.351. The average molecular weight is 239 g/mol. The molecule has 0 aliphatic carbocycles. The molecule has 2 rings (SSSR count). The molecule has 2 amide bonds. The molecule has 1 N–H and O–H groups in total. The number of nitrogens with zero attached hydrogens (tertiary/aromatic N) is 1. The smallest absolute Gasteiger partial charge is 0.251 e. The Hall–Kier alpha value is -1.55. The molecule has 1 saturated heterocycles. The monoisotopic (exact) mass is 238 g/mol. The summed E-state index contributed by atoms with van der Waals surface area (Å²) in [6.45, 7) is 0. The second kappa shape index (κ2) is 4.14. The average Bonchev–Trinajstić information content (AvgIpc) is 2.50. The molecule has 1 fully saturated rings. The Labute approximate surface area is 98.2 Å². The minimum atomic E-state index is -0.460. The normalized spacial score (nSPS) is 20.4. The van der Waals surface area contributed by atoms with Crippen LogP contribution in [0.4, 0.5) is 5.69 Å². The van der Waals surface area contributed by atoms with Crippen LogP contribution in [-0.4, -0.2) is 29.8 Å². The molecule has 4 nitrogen and oxygen atoms in total. The minimum absolute atomic E-state index is 0.156. The van der Waals surface area contributed by atoms with Crippen LogP contribution >= 0.6 is 11.6 Å². The summed E-state index contributed by atoms with van der Waals surface area (Å²) in [5, 5.41) is 3.64. The fourth-order valence-corrected chi connectivity index (χ4v) is 1.74. The maximum Gasteiger partial charge on any atom is 0.251 e. The van der Waals surface area contributed by atoms with Crippen LogP contribution < -0.4 is 5.32 Å². The van der Waals surface area contributed by atoms with E-state index in [1.165, 1.54) is 7.05 Å². The van der Waals surface area contributed by atoms with E-state index in [2.05, 4.69) is 5.32 Å². The van der Waals surface area contributed by atoms with Gasteiger partial charge in [0.15, 0.2) is 0 Å². The third-order valence-electron chi connectivity index (χ3n) is 2.57. The number of hydrogen-bond donors (Lipinski definition) is 1. The molecule has 1 aliphatic heterocycles.